The number of nitrogens with one attached hydrogen (secondary N) is 1. The van der Waals surface area contributed by atoms with Crippen LogP contribution < -0.4 is 5.32 Å². The van der Waals surface area contributed by atoms with E-state index in [4.69, 9.17) is 12.2 Å². The van der Waals surface area contributed by atoms with Gasteiger partial charge in [0.15, 0.2) is 0 Å². The predicted octanol–water partition coefficient (Wildman–Crippen LogP) is 4.38. The average Bonchev–Trinajstić information content (AvgIpc) is 2.39. The Kier molecular flexibility index (Phi) is 4.92. The van der Waals surface area contributed by atoms with Crippen molar-refractivity contribution in [1.82, 2.24) is 0 Å². The molecule has 1 aromatic rings. The Morgan fingerprint density at radius 2 is 2.19 bits per heavy atom. The topological polar surface area (TPSA) is 52.9 Å². The van der Waals surface area contributed by atoms with Gasteiger partial charge in [-0.2, -0.15) is 5.26 Å². The molecule has 0 bridgehead atoms. The molecular weight excluding hydrogens is 300 g/mol. The highest BCUT2D eigenvalue weighted by Crippen LogP contribution is 2.35. The summed E-state index contributed by atoms with van der Waals surface area (Å²) in [6.07, 6.45) is 4.38. The summed E-state index contributed by atoms with van der Waals surface area (Å²) in [7, 11) is 0. The lowest BCUT2D eigenvalue weighted by atomic mass is 9.85. The molecular formula is C16H18N2OS2. The highest BCUT2D eigenvalue weighted by molar-refractivity contribution is 7.73. The molecule has 5 heteroatoms. The van der Waals surface area contributed by atoms with Crippen LogP contribution in [0.25, 0.3) is 0 Å². The zero-order valence-electron chi connectivity index (χ0n) is 12.4. The van der Waals surface area contributed by atoms with Crippen molar-refractivity contribution in [2.45, 2.75) is 40.0 Å². The fraction of sp³-hybridized carbons (Fsp3) is 0.438. The van der Waals surface area contributed by atoms with E-state index in [1.54, 1.807) is 0 Å². The molecule has 3 nitrogen and oxygen atoms in total. The standard InChI is InChI=1S/C16H18N2OS2/c1-9(2)6-14(19)18-15-13(8-17)11-5-4-10(3)7-12(11)16(20)21-15/h6,10H,4-5,7H2,1-3H3,(H,18,19). The number of carbonyl (C=O) groups is 1. The molecule has 0 aliphatic heterocycles. The highest BCUT2D eigenvalue weighted by Gasteiger charge is 2.23. The molecule has 110 valence electrons. The molecule has 0 saturated heterocycles. The van der Waals surface area contributed by atoms with E-state index in [0.29, 0.717) is 16.5 Å². The number of fused-ring (bicyclic) bond motifs is 1. The van der Waals surface area contributed by atoms with Gasteiger partial charge in [-0.15, -0.1) is 11.3 Å². The van der Waals surface area contributed by atoms with E-state index < -0.39 is 0 Å². The third kappa shape index (κ3) is 3.58. The molecule has 0 fully saturated rings. The third-order valence-electron chi connectivity index (χ3n) is 3.54. The minimum Gasteiger partial charge on any atom is -0.313 e. The number of rotatable bonds is 2. The molecule has 1 unspecified atom stereocenters. The molecule has 1 N–H and O–H groups in total. The molecule has 1 aromatic heterocycles. The summed E-state index contributed by atoms with van der Waals surface area (Å²) in [6, 6.07) is 2.25. The van der Waals surface area contributed by atoms with Crippen LogP contribution in [0.1, 0.15) is 43.9 Å². The second-order valence-electron chi connectivity index (χ2n) is 5.72. The third-order valence-corrected chi connectivity index (χ3v) is 4.98. The maximum atomic E-state index is 11.9. The average molecular weight is 318 g/mol. The summed E-state index contributed by atoms with van der Waals surface area (Å²) in [5.74, 6) is 0.394. The van der Waals surface area contributed by atoms with E-state index in [1.807, 2.05) is 13.8 Å². The number of nitrogens with zero attached hydrogens (tertiary/aromatic N) is 1. The lowest BCUT2D eigenvalue weighted by Gasteiger charge is -2.23. The number of nitriles is 1. The van der Waals surface area contributed by atoms with Crippen molar-refractivity contribution in [2.24, 2.45) is 5.92 Å². The monoisotopic (exact) mass is 318 g/mol. The minimum absolute atomic E-state index is 0.207. The molecule has 1 aliphatic carbocycles. The number of anilines is 1. The Balaban J connectivity index is 2.47. The second kappa shape index (κ2) is 6.50. The smallest absolute Gasteiger partial charge is 0.248 e. The van der Waals surface area contributed by atoms with Crippen LogP contribution in [0.15, 0.2) is 11.6 Å². The van der Waals surface area contributed by atoms with Gasteiger partial charge in [0.2, 0.25) is 5.91 Å². The van der Waals surface area contributed by atoms with Gasteiger partial charge in [0, 0.05) is 6.08 Å². The molecule has 0 spiro atoms. The van der Waals surface area contributed by atoms with E-state index >= 15 is 0 Å². The quantitative estimate of drug-likeness (QED) is 0.650. The summed E-state index contributed by atoms with van der Waals surface area (Å²) < 4.78 is 0.794. The Morgan fingerprint density at radius 1 is 1.48 bits per heavy atom. The van der Waals surface area contributed by atoms with Crippen molar-refractivity contribution < 1.29 is 4.79 Å². The van der Waals surface area contributed by atoms with E-state index in [-0.39, 0.29) is 5.91 Å². The lowest BCUT2D eigenvalue weighted by molar-refractivity contribution is -0.111. The van der Waals surface area contributed by atoms with Gasteiger partial charge in [-0.05, 0) is 50.2 Å². The van der Waals surface area contributed by atoms with Gasteiger partial charge in [0.1, 0.15) is 11.1 Å². The molecule has 0 aromatic carbocycles. The van der Waals surface area contributed by atoms with Crippen LogP contribution >= 0.6 is 23.6 Å². The van der Waals surface area contributed by atoms with E-state index in [0.717, 1.165) is 39.8 Å². The highest BCUT2D eigenvalue weighted by atomic mass is 32.1. The number of hydrogen-bond acceptors (Lipinski definition) is 4. The number of amides is 1. The predicted molar refractivity (Wildman–Crippen MR) is 89.1 cm³/mol. The molecule has 2 rings (SSSR count). The fourth-order valence-electron chi connectivity index (χ4n) is 2.56. The first-order valence-electron chi connectivity index (χ1n) is 6.97. The maximum absolute atomic E-state index is 11.9. The molecule has 1 aliphatic rings. The second-order valence-corrected chi connectivity index (χ2v) is 7.41. The summed E-state index contributed by atoms with van der Waals surface area (Å²) in [5.41, 5.74) is 3.67. The van der Waals surface area contributed by atoms with E-state index in [2.05, 4.69) is 18.3 Å². The molecule has 1 atom stereocenters. The SMILES string of the molecule is CC(C)=CC(=O)Nc1sc(=S)c2c(c1C#N)CCC(C)C2. The van der Waals surface area contributed by atoms with Crippen LogP contribution in [0, 0.1) is 21.1 Å². The zero-order chi connectivity index (χ0) is 15.6. The van der Waals surface area contributed by atoms with Gasteiger partial charge in [-0.1, -0.05) is 24.7 Å². The first-order chi connectivity index (χ1) is 9.92. The minimum atomic E-state index is -0.207. The van der Waals surface area contributed by atoms with Crippen molar-refractivity contribution in [1.29, 1.82) is 5.26 Å². The normalized spacial score (nSPS) is 16.6. The first kappa shape index (κ1) is 15.9. The number of carbonyl (C=O) groups excluding carboxylic acids is 1. The lowest BCUT2D eigenvalue weighted by Crippen LogP contribution is -2.16. The van der Waals surface area contributed by atoms with Gasteiger partial charge in [0.25, 0.3) is 0 Å². The van der Waals surface area contributed by atoms with Crippen molar-refractivity contribution in [3.8, 4) is 6.07 Å². The first-order valence-corrected chi connectivity index (χ1v) is 8.19. The molecule has 1 amide bonds. The van der Waals surface area contributed by atoms with Crippen LogP contribution in [0.2, 0.25) is 0 Å². The number of allylic oxidation sites excluding steroid dienone is 1. The Labute approximate surface area is 134 Å². The zero-order valence-corrected chi connectivity index (χ0v) is 14.1. The van der Waals surface area contributed by atoms with Crippen molar-refractivity contribution in [3.05, 3.63) is 32.2 Å². The number of hydrogen-bond donors (Lipinski definition) is 1. The summed E-state index contributed by atoms with van der Waals surface area (Å²) in [4.78, 5) is 11.9. The van der Waals surface area contributed by atoms with Gasteiger partial charge >= 0.3 is 0 Å². The van der Waals surface area contributed by atoms with Crippen molar-refractivity contribution >= 4 is 34.5 Å². The van der Waals surface area contributed by atoms with E-state index in [1.165, 1.54) is 17.4 Å². The summed E-state index contributed by atoms with van der Waals surface area (Å²) >= 11 is 6.80. The summed E-state index contributed by atoms with van der Waals surface area (Å²) in [6.45, 7) is 5.93. The van der Waals surface area contributed by atoms with Gasteiger partial charge in [-0.3, -0.25) is 4.79 Å². The van der Waals surface area contributed by atoms with Crippen LogP contribution in [-0.2, 0) is 17.6 Å². The maximum Gasteiger partial charge on any atom is 0.248 e. The molecule has 0 saturated carbocycles. The Morgan fingerprint density at radius 3 is 2.81 bits per heavy atom. The van der Waals surface area contributed by atoms with Crippen molar-refractivity contribution in [3.63, 3.8) is 0 Å². The van der Waals surface area contributed by atoms with Crippen LogP contribution in [0.4, 0.5) is 5.00 Å². The van der Waals surface area contributed by atoms with Gasteiger partial charge in [-0.25, -0.2) is 0 Å². The van der Waals surface area contributed by atoms with Gasteiger partial charge < -0.3 is 5.32 Å². The van der Waals surface area contributed by atoms with Crippen molar-refractivity contribution in [2.75, 3.05) is 5.32 Å². The van der Waals surface area contributed by atoms with E-state index in [9.17, 15) is 10.1 Å². The molecule has 21 heavy (non-hydrogen) atoms. The van der Waals surface area contributed by atoms with Crippen LogP contribution in [0.3, 0.4) is 0 Å². The largest absolute Gasteiger partial charge is 0.313 e. The summed E-state index contributed by atoms with van der Waals surface area (Å²) in [5, 5.41) is 12.9. The fourth-order valence-corrected chi connectivity index (χ4v) is 3.95. The molecule has 1 heterocycles. The molecule has 0 radical (unpaired) electrons. The van der Waals surface area contributed by atoms with Gasteiger partial charge in [0.05, 0.1) is 9.39 Å². The Hall–Kier alpha value is -1.51. The van der Waals surface area contributed by atoms with Crippen LogP contribution in [0.5, 0.6) is 0 Å². The van der Waals surface area contributed by atoms with Crippen LogP contribution in [-0.4, -0.2) is 5.91 Å². The Bertz CT molecular complexity index is 706.